The van der Waals surface area contributed by atoms with Crippen LogP contribution in [0.2, 0.25) is 0 Å². The Morgan fingerprint density at radius 2 is 1.67 bits per heavy atom. The number of imidazole rings is 1. The van der Waals surface area contributed by atoms with E-state index in [1.165, 1.54) is 12.1 Å². The lowest BCUT2D eigenvalue weighted by Crippen LogP contribution is -2.16. The molecule has 0 atom stereocenters. The van der Waals surface area contributed by atoms with E-state index in [9.17, 15) is 17.2 Å². The zero-order valence-electron chi connectivity index (χ0n) is 13.7. The fourth-order valence-electron chi connectivity index (χ4n) is 2.62. The van der Waals surface area contributed by atoms with Gasteiger partial charge in [-0.25, -0.2) is 27.2 Å². The Morgan fingerprint density at radius 3 is 2.33 bits per heavy atom. The molecule has 4 aromatic rings. The molecule has 0 bridgehead atoms. The maximum atomic E-state index is 13.8. The Labute approximate surface area is 153 Å². The average molecular weight is 386 g/mol. The predicted molar refractivity (Wildman–Crippen MR) is 95.6 cm³/mol. The predicted octanol–water partition coefficient (Wildman–Crippen LogP) is 3.48. The van der Waals surface area contributed by atoms with Crippen LogP contribution < -0.4 is 4.72 Å². The summed E-state index contributed by atoms with van der Waals surface area (Å²) in [6.45, 7) is 0. The SMILES string of the molecule is O=S(=O)(Nc1ccc(-c2cn3cccnc3n2)cc1)c1c(F)cccc1F. The fraction of sp³-hybridized carbons (Fsp3) is 0. The molecule has 9 heteroatoms. The zero-order chi connectivity index (χ0) is 19.0. The van der Waals surface area contributed by atoms with E-state index >= 15 is 0 Å². The van der Waals surface area contributed by atoms with Gasteiger partial charge in [-0.1, -0.05) is 18.2 Å². The molecule has 0 amide bonds. The van der Waals surface area contributed by atoms with Crippen molar-refractivity contribution in [2.75, 3.05) is 4.72 Å². The molecule has 2 aromatic carbocycles. The van der Waals surface area contributed by atoms with Gasteiger partial charge in [-0.05, 0) is 30.3 Å². The van der Waals surface area contributed by atoms with Crippen molar-refractivity contribution < 1.29 is 17.2 Å². The quantitative estimate of drug-likeness (QED) is 0.583. The van der Waals surface area contributed by atoms with E-state index in [0.29, 0.717) is 11.5 Å². The van der Waals surface area contributed by atoms with Gasteiger partial charge < -0.3 is 0 Å². The van der Waals surface area contributed by atoms with Gasteiger partial charge in [0, 0.05) is 29.8 Å². The first-order valence-electron chi connectivity index (χ1n) is 7.81. The Bertz CT molecular complexity index is 1180. The highest BCUT2D eigenvalue weighted by atomic mass is 32.2. The van der Waals surface area contributed by atoms with E-state index < -0.39 is 26.6 Å². The lowest BCUT2D eigenvalue weighted by Gasteiger charge is -2.10. The van der Waals surface area contributed by atoms with Gasteiger partial charge in [-0.15, -0.1) is 0 Å². The number of benzene rings is 2. The van der Waals surface area contributed by atoms with Crippen molar-refractivity contribution in [1.82, 2.24) is 14.4 Å². The molecule has 0 aliphatic carbocycles. The summed E-state index contributed by atoms with van der Waals surface area (Å²) in [4.78, 5) is 7.49. The van der Waals surface area contributed by atoms with Crippen molar-refractivity contribution in [2.24, 2.45) is 0 Å². The van der Waals surface area contributed by atoms with Gasteiger partial charge in [0.15, 0.2) is 4.90 Å². The first-order valence-corrected chi connectivity index (χ1v) is 9.29. The number of nitrogens with zero attached hydrogens (tertiary/aromatic N) is 3. The van der Waals surface area contributed by atoms with Crippen molar-refractivity contribution in [3.63, 3.8) is 0 Å². The Kier molecular flexibility index (Phi) is 4.08. The van der Waals surface area contributed by atoms with E-state index in [0.717, 1.165) is 23.8 Å². The van der Waals surface area contributed by atoms with E-state index in [1.54, 1.807) is 35.0 Å². The van der Waals surface area contributed by atoms with Crippen LogP contribution in [0.4, 0.5) is 14.5 Å². The van der Waals surface area contributed by atoms with Crippen molar-refractivity contribution in [1.29, 1.82) is 0 Å². The number of rotatable bonds is 4. The third kappa shape index (κ3) is 3.24. The van der Waals surface area contributed by atoms with Crippen LogP contribution in [0.15, 0.2) is 72.0 Å². The zero-order valence-corrected chi connectivity index (χ0v) is 14.5. The minimum absolute atomic E-state index is 0.170. The molecule has 1 N–H and O–H groups in total. The molecule has 0 saturated heterocycles. The van der Waals surface area contributed by atoms with Gasteiger partial charge in [0.05, 0.1) is 5.69 Å². The average Bonchev–Trinajstić information content (AvgIpc) is 3.05. The highest BCUT2D eigenvalue weighted by molar-refractivity contribution is 7.92. The normalized spacial score (nSPS) is 11.6. The summed E-state index contributed by atoms with van der Waals surface area (Å²) in [6.07, 6.45) is 5.23. The van der Waals surface area contributed by atoms with Crippen molar-refractivity contribution in [3.8, 4) is 11.3 Å². The number of hydrogen-bond acceptors (Lipinski definition) is 4. The third-order valence-electron chi connectivity index (χ3n) is 3.86. The molecule has 0 saturated carbocycles. The highest BCUT2D eigenvalue weighted by Gasteiger charge is 2.23. The molecule has 0 aliphatic heterocycles. The lowest BCUT2D eigenvalue weighted by atomic mass is 10.1. The van der Waals surface area contributed by atoms with Crippen LogP contribution in [0, 0.1) is 11.6 Å². The van der Waals surface area contributed by atoms with Crippen LogP contribution in [0.3, 0.4) is 0 Å². The summed E-state index contributed by atoms with van der Waals surface area (Å²) >= 11 is 0. The molecule has 0 fully saturated rings. The van der Waals surface area contributed by atoms with Crippen LogP contribution >= 0.6 is 0 Å². The van der Waals surface area contributed by atoms with Gasteiger partial charge in [0.2, 0.25) is 5.78 Å². The summed E-state index contributed by atoms with van der Waals surface area (Å²) < 4.78 is 56.1. The van der Waals surface area contributed by atoms with E-state index in [1.807, 2.05) is 6.20 Å². The molecule has 4 rings (SSSR count). The van der Waals surface area contributed by atoms with Crippen LogP contribution in [0.1, 0.15) is 0 Å². The van der Waals surface area contributed by atoms with Crippen LogP contribution in [-0.4, -0.2) is 22.8 Å². The lowest BCUT2D eigenvalue weighted by molar-refractivity contribution is 0.521. The molecule has 136 valence electrons. The van der Waals surface area contributed by atoms with Gasteiger partial charge in [-0.3, -0.25) is 9.12 Å². The Morgan fingerprint density at radius 1 is 0.963 bits per heavy atom. The van der Waals surface area contributed by atoms with Crippen molar-refractivity contribution in [3.05, 3.63) is 78.8 Å². The summed E-state index contributed by atoms with van der Waals surface area (Å²) in [7, 11) is -4.40. The summed E-state index contributed by atoms with van der Waals surface area (Å²) in [5, 5.41) is 0. The molecule has 0 unspecified atom stereocenters. The number of fused-ring (bicyclic) bond motifs is 1. The number of hydrogen-bond donors (Lipinski definition) is 1. The number of nitrogens with one attached hydrogen (secondary N) is 1. The smallest absolute Gasteiger partial charge is 0.267 e. The minimum Gasteiger partial charge on any atom is -0.291 e. The molecule has 2 heterocycles. The van der Waals surface area contributed by atoms with E-state index in [-0.39, 0.29) is 5.69 Å². The second-order valence-corrected chi connectivity index (χ2v) is 7.31. The largest absolute Gasteiger partial charge is 0.291 e. The number of aromatic nitrogens is 3. The maximum absolute atomic E-state index is 13.8. The first kappa shape index (κ1) is 17.1. The Balaban J connectivity index is 1.62. The molecule has 0 spiro atoms. The maximum Gasteiger partial charge on any atom is 0.267 e. The van der Waals surface area contributed by atoms with Crippen LogP contribution in [0.5, 0.6) is 0 Å². The fourth-order valence-corrected chi connectivity index (χ4v) is 3.82. The monoisotopic (exact) mass is 386 g/mol. The summed E-state index contributed by atoms with van der Waals surface area (Å²) in [5.74, 6) is -1.78. The van der Waals surface area contributed by atoms with Crippen LogP contribution in [-0.2, 0) is 10.0 Å². The molecular formula is C18H12F2N4O2S. The molecular weight excluding hydrogens is 374 g/mol. The minimum atomic E-state index is -4.40. The van der Waals surface area contributed by atoms with Gasteiger partial charge >= 0.3 is 0 Å². The summed E-state index contributed by atoms with van der Waals surface area (Å²) in [5.41, 5.74) is 1.56. The van der Waals surface area contributed by atoms with Gasteiger partial charge in [0.1, 0.15) is 11.6 Å². The van der Waals surface area contributed by atoms with Crippen LogP contribution in [0.25, 0.3) is 17.0 Å². The third-order valence-corrected chi connectivity index (χ3v) is 5.29. The van der Waals surface area contributed by atoms with Crippen molar-refractivity contribution in [2.45, 2.75) is 4.90 Å². The van der Waals surface area contributed by atoms with E-state index in [2.05, 4.69) is 14.7 Å². The highest BCUT2D eigenvalue weighted by Crippen LogP contribution is 2.24. The molecule has 27 heavy (non-hydrogen) atoms. The Hall–Kier alpha value is -3.33. The number of halogens is 2. The van der Waals surface area contributed by atoms with Crippen molar-refractivity contribution >= 4 is 21.5 Å². The summed E-state index contributed by atoms with van der Waals surface area (Å²) in [6, 6.07) is 10.9. The molecule has 0 aliphatic rings. The van der Waals surface area contributed by atoms with E-state index in [4.69, 9.17) is 0 Å². The van der Waals surface area contributed by atoms with Gasteiger partial charge in [0.25, 0.3) is 10.0 Å². The molecule has 0 radical (unpaired) electrons. The number of anilines is 1. The topological polar surface area (TPSA) is 76.4 Å². The number of sulfonamides is 1. The molecule has 2 aromatic heterocycles. The standard InChI is InChI=1S/C18H12F2N4O2S/c19-14-3-1-4-15(20)17(14)27(25,26)23-13-7-5-12(6-8-13)16-11-24-10-2-9-21-18(24)22-16/h1-11,23H. The second-order valence-electron chi connectivity index (χ2n) is 5.69. The molecule has 6 nitrogen and oxygen atoms in total. The van der Waals surface area contributed by atoms with Gasteiger partial charge in [-0.2, -0.15) is 0 Å². The second kappa shape index (κ2) is 6.44. The first-order chi connectivity index (χ1) is 12.9.